The van der Waals surface area contributed by atoms with Crippen molar-refractivity contribution in [3.05, 3.63) is 11.4 Å². The van der Waals surface area contributed by atoms with E-state index in [0.29, 0.717) is 5.95 Å². The summed E-state index contributed by atoms with van der Waals surface area (Å²) in [6.07, 6.45) is 3.11. The van der Waals surface area contributed by atoms with Gasteiger partial charge in [0.2, 0.25) is 5.95 Å². The minimum atomic E-state index is 0.705. The van der Waals surface area contributed by atoms with Gasteiger partial charge in [0.15, 0.2) is 0 Å². The predicted molar refractivity (Wildman–Crippen MR) is 90.4 cm³/mol. The fourth-order valence-corrected chi connectivity index (χ4v) is 2.70. The molecule has 0 spiro atoms. The number of rotatable bonds is 10. The molecule has 2 aromatic rings. The average molecular weight is 308 g/mol. The number of aromatic nitrogens is 2. The first-order valence-corrected chi connectivity index (χ1v) is 8.53. The third-order valence-electron chi connectivity index (χ3n) is 2.96. The van der Waals surface area contributed by atoms with Crippen LogP contribution in [0.15, 0.2) is 11.4 Å². The van der Waals surface area contributed by atoms with Gasteiger partial charge in [-0.1, -0.05) is 13.8 Å². The molecule has 2 N–H and O–H groups in total. The first kappa shape index (κ1) is 16.0. The van der Waals surface area contributed by atoms with Gasteiger partial charge in [-0.3, -0.25) is 0 Å². The Hall–Kier alpha value is -1.40. The molecule has 0 aliphatic rings. The molecule has 0 aromatic carbocycles. The fourth-order valence-electron chi connectivity index (χ4n) is 1.93. The minimum absolute atomic E-state index is 0.705. The lowest BCUT2D eigenvalue weighted by Gasteiger charge is -2.10. The van der Waals surface area contributed by atoms with Gasteiger partial charge in [-0.2, -0.15) is 4.98 Å². The zero-order valence-corrected chi connectivity index (χ0v) is 13.6. The van der Waals surface area contributed by atoms with Gasteiger partial charge in [-0.15, -0.1) is 11.3 Å². The lowest BCUT2D eigenvalue weighted by molar-refractivity contribution is 0.134. The number of thiophene rings is 1. The molecular formula is C15H24N4OS. The van der Waals surface area contributed by atoms with Crippen LogP contribution in [0.1, 0.15) is 33.1 Å². The van der Waals surface area contributed by atoms with Crippen molar-refractivity contribution in [3.8, 4) is 0 Å². The highest BCUT2D eigenvalue weighted by molar-refractivity contribution is 7.16. The number of hydrogen-bond donors (Lipinski definition) is 2. The van der Waals surface area contributed by atoms with Crippen LogP contribution in [0.25, 0.3) is 10.2 Å². The summed E-state index contributed by atoms with van der Waals surface area (Å²) in [5.74, 6) is 1.62. The second kappa shape index (κ2) is 8.79. The summed E-state index contributed by atoms with van der Waals surface area (Å²) in [5.41, 5.74) is 0. The molecule has 0 atom stereocenters. The molecule has 2 aromatic heterocycles. The Morgan fingerprint density at radius 1 is 1.10 bits per heavy atom. The molecule has 0 fully saturated rings. The van der Waals surface area contributed by atoms with Crippen LogP contribution in [-0.2, 0) is 4.74 Å². The molecule has 5 nitrogen and oxygen atoms in total. The average Bonchev–Trinajstić information content (AvgIpc) is 2.97. The molecule has 2 rings (SSSR count). The predicted octanol–water partition coefficient (Wildman–Crippen LogP) is 3.74. The zero-order valence-electron chi connectivity index (χ0n) is 12.8. The maximum absolute atomic E-state index is 5.49. The molecule has 2 heterocycles. The monoisotopic (exact) mass is 308 g/mol. The third-order valence-corrected chi connectivity index (χ3v) is 3.77. The zero-order chi connectivity index (χ0) is 14.9. The maximum Gasteiger partial charge on any atom is 0.226 e. The number of nitrogens with one attached hydrogen (secondary N) is 2. The second-order valence-corrected chi connectivity index (χ2v) is 5.75. The number of fused-ring (bicyclic) bond motifs is 1. The van der Waals surface area contributed by atoms with Gasteiger partial charge in [-0.05, 0) is 30.7 Å². The molecule has 0 bridgehead atoms. The molecule has 0 radical (unpaired) electrons. The van der Waals surface area contributed by atoms with Gasteiger partial charge in [0, 0.05) is 26.3 Å². The molecule has 0 saturated carbocycles. The van der Waals surface area contributed by atoms with E-state index in [1.165, 1.54) is 0 Å². The van der Waals surface area contributed by atoms with E-state index in [2.05, 4.69) is 45.9 Å². The smallest absolute Gasteiger partial charge is 0.226 e. The number of ether oxygens (including phenoxy) is 1. The fraction of sp³-hybridized carbons (Fsp3) is 0.600. The van der Waals surface area contributed by atoms with Crippen LogP contribution in [0.5, 0.6) is 0 Å². The van der Waals surface area contributed by atoms with Crippen LogP contribution in [0, 0.1) is 0 Å². The van der Waals surface area contributed by atoms with E-state index in [4.69, 9.17) is 4.74 Å². The molecule has 6 heteroatoms. The van der Waals surface area contributed by atoms with E-state index in [1.54, 1.807) is 11.3 Å². The Labute approximate surface area is 130 Å². The number of nitrogens with zero attached hydrogens (tertiary/aromatic N) is 2. The van der Waals surface area contributed by atoms with Crippen molar-refractivity contribution in [2.24, 2.45) is 0 Å². The Bertz CT molecular complexity index is 543. The number of anilines is 2. The summed E-state index contributed by atoms with van der Waals surface area (Å²) in [4.78, 5) is 10.1. The van der Waals surface area contributed by atoms with Crippen LogP contribution in [0.3, 0.4) is 0 Å². The van der Waals surface area contributed by atoms with E-state index < -0.39 is 0 Å². The molecule has 0 unspecified atom stereocenters. The van der Waals surface area contributed by atoms with Crippen LogP contribution in [0.2, 0.25) is 0 Å². The van der Waals surface area contributed by atoms with E-state index in [9.17, 15) is 0 Å². The van der Waals surface area contributed by atoms with Gasteiger partial charge in [0.25, 0.3) is 0 Å². The van der Waals surface area contributed by atoms with Crippen LogP contribution >= 0.6 is 11.3 Å². The van der Waals surface area contributed by atoms with Gasteiger partial charge >= 0.3 is 0 Å². The lowest BCUT2D eigenvalue weighted by atomic mass is 10.3. The highest BCUT2D eigenvalue weighted by Gasteiger charge is 2.08. The third kappa shape index (κ3) is 4.82. The van der Waals surface area contributed by atoms with Crippen LogP contribution in [-0.4, -0.2) is 36.3 Å². The molecule has 21 heavy (non-hydrogen) atoms. The molecule has 0 aliphatic heterocycles. The lowest BCUT2D eigenvalue weighted by Crippen LogP contribution is -2.10. The summed E-state index contributed by atoms with van der Waals surface area (Å²) in [5, 5.41) is 9.81. The Morgan fingerprint density at radius 2 is 2.00 bits per heavy atom. The van der Waals surface area contributed by atoms with Crippen molar-refractivity contribution in [2.45, 2.75) is 33.1 Å². The Kier molecular flexibility index (Phi) is 6.69. The molecule has 116 valence electrons. The van der Waals surface area contributed by atoms with Crippen LogP contribution in [0.4, 0.5) is 11.8 Å². The Balaban J connectivity index is 1.95. The molecule has 0 aliphatic carbocycles. The summed E-state index contributed by atoms with van der Waals surface area (Å²) in [6.45, 7) is 7.64. The van der Waals surface area contributed by atoms with Crippen molar-refractivity contribution >= 4 is 33.3 Å². The van der Waals surface area contributed by atoms with Crippen molar-refractivity contribution in [1.82, 2.24) is 9.97 Å². The quantitative estimate of drug-likeness (QED) is 0.655. The van der Waals surface area contributed by atoms with Crippen molar-refractivity contribution in [2.75, 3.05) is 36.9 Å². The SMILES string of the molecule is CCCNc1nc(NCCCOCCC)c2ccsc2n1. The van der Waals surface area contributed by atoms with E-state index in [-0.39, 0.29) is 0 Å². The maximum atomic E-state index is 5.49. The molecule has 0 saturated heterocycles. The van der Waals surface area contributed by atoms with Crippen molar-refractivity contribution in [3.63, 3.8) is 0 Å². The summed E-state index contributed by atoms with van der Waals surface area (Å²) >= 11 is 1.64. The van der Waals surface area contributed by atoms with E-state index >= 15 is 0 Å². The van der Waals surface area contributed by atoms with E-state index in [1.807, 2.05) is 0 Å². The standard InChI is InChI=1S/C15H24N4OS/c1-3-7-17-15-18-13(12-6-11-21-14(12)19-15)16-8-5-10-20-9-4-2/h6,11H,3-5,7-10H2,1-2H3,(H2,16,17,18,19). The van der Waals surface area contributed by atoms with Crippen LogP contribution < -0.4 is 10.6 Å². The topological polar surface area (TPSA) is 59.1 Å². The highest BCUT2D eigenvalue weighted by Crippen LogP contribution is 2.26. The first-order chi connectivity index (χ1) is 10.3. The van der Waals surface area contributed by atoms with E-state index in [0.717, 1.165) is 61.6 Å². The van der Waals surface area contributed by atoms with Gasteiger partial charge in [0.05, 0.1) is 5.39 Å². The van der Waals surface area contributed by atoms with Crippen molar-refractivity contribution < 1.29 is 4.74 Å². The first-order valence-electron chi connectivity index (χ1n) is 7.65. The minimum Gasteiger partial charge on any atom is -0.381 e. The summed E-state index contributed by atoms with van der Waals surface area (Å²) in [6, 6.07) is 2.07. The number of hydrogen-bond acceptors (Lipinski definition) is 6. The second-order valence-electron chi connectivity index (χ2n) is 4.85. The largest absolute Gasteiger partial charge is 0.381 e. The van der Waals surface area contributed by atoms with Gasteiger partial charge in [0.1, 0.15) is 10.6 Å². The Morgan fingerprint density at radius 3 is 2.81 bits per heavy atom. The van der Waals surface area contributed by atoms with Gasteiger partial charge < -0.3 is 15.4 Å². The van der Waals surface area contributed by atoms with Gasteiger partial charge in [-0.25, -0.2) is 4.98 Å². The summed E-state index contributed by atoms with van der Waals surface area (Å²) in [7, 11) is 0. The highest BCUT2D eigenvalue weighted by atomic mass is 32.1. The molecule has 0 amide bonds. The summed E-state index contributed by atoms with van der Waals surface area (Å²) < 4.78 is 5.49. The normalized spacial score (nSPS) is 11.0. The molecular weight excluding hydrogens is 284 g/mol. The van der Waals surface area contributed by atoms with Crippen molar-refractivity contribution in [1.29, 1.82) is 0 Å².